The molecule has 0 bridgehead atoms. The molecule has 1 aromatic carbocycles. The van der Waals surface area contributed by atoms with Crippen LogP contribution in [-0.2, 0) is 14.8 Å². The monoisotopic (exact) mass is 508 g/mol. The maximum absolute atomic E-state index is 12.7. The Bertz CT molecular complexity index is 972. The number of likely N-dealkylation sites (tertiary alicyclic amines) is 1. The fourth-order valence-corrected chi connectivity index (χ4v) is 6.51. The van der Waals surface area contributed by atoms with Crippen LogP contribution in [0, 0.1) is 5.92 Å². The van der Waals surface area contributed by atoms with Crippen molar-refractivity contribution in [3.63, 3.8) is 0 Å². The van der Waals surface area contributed by atoms with Crippen molar-refractivity contribution in [2.24, 2.45) is 5.92 Å². The highest BCUT2D eigenvalue weighted by Gasteiger charge is 2.28. The van der Waals surface area contributed by atoms with Gasteiger partial charge in [0.15, 0.2) is 11.5 Å². The molecule has 3 heterocycles. The number of rotatable bonds is 10. The zero-order valence-corrected chi connectivity index (χ0v) is 20.9. The summed E-state index contributed by atoms with van der Waals surface area (Å²) in [7, 11) is -3.26. The second-order valence-electron chi connectivity index (χ2n) is 9.45. The first-order valence-corrected chi connectivity index (χ1v) is 14.1. The average molecular weight is 509 g/mol. The van der Waals surface area contributed by atoms with Crippen molar-refractivity contribution in [3.8, 4) is 11.5 Å². The highest BCUT2D eigenvalue weighted by Crippen LogP contribution is 2.33. The highest BCUT2D eigenvalue weighted by molar-refractivity contribution is 7.89. The summed E-state index contributed by atoms with van der Waals surface area (Å²) in [5.41, 5.74) is 0.505. The quantitative estimate of drug-likeness (QED) is 0.450. The summed E-state index contributed by atoms with van der Waals surface area (Å²) < 4.78 is 38.1. The van der Waals surface area contributed by atoms with E-state index in [1.54, 1.807) is 16.4 Å². The van der Waals surface area contributed by atoms with Gasteiger partial charge in [-0.1, -0.05) is 6.07 Å². The molecule has 3 aliphatic rings. The number of hydrogen-bond acceptors (Lipinski definition) is 7. The van der Waals surface area contributed by atoms with Crippen molar-refractivity contribution >= 4 is 22.3 Å². The topological polar surface area (TPSA) is 117 Å². The number of ether oxygens (including phenoxy) is 2. The fourth-order valence-electron chi connectivity index (χ4n) is 5.00. The SMILES string of the molecule is O=CNC1CCN(S(=O)(=O)CCCN2CCC(CNC(=O)c3cccc4c3OCCO4)CC2)CC1. The van der Waals surface area contributed by atoms with E-state index in [1.165, 1.54) is 0 Å². The maximum Gasteiger partial charge on any atom is 0.255 e. The first-order valence-electron chi connectivity index (χ1n) is 12.5. The minimum atomic E-state index is -3.26. The third-order valence-electron chi connectivity index (χ3n) is 7.10. The fraction of sp³-hybridized carbons (Fsp3) is 0.667. The van der Waals surface area contributed by atoms with Gasteiger partial charge in [-0.3, -0.25) is 9.59 Å². The summed E-state index contributed by atoms with van der Waals surface area (Å²) in [6.07, 6.45) is 4.56. The average Bonchev–Trinajstić information content (AvgIpc) is 2.88. The Hall–Kier alpha value is -2.37. The van der Waals surface area contributed by atoms with E-state index in [4.69, 9.17) is 9.47 Å². The van der Waals surface area contributed by atoms with Gasteiger partial charge in [0.05, 0.1) is 11.3 Å². The van der Waals surface area contributed by atoms with Crippen molar-refractivity contribution in [2.45, 2.75) is 38.1 Å². The van der Waals surface area contributed by atoms with E-state index in [9.17, 15) is 18.0 Å². The first kappa shape index (κ1) is 25.7. The van der Waals surface area contributed by atoms with Crippen LogP contribution in [0.2, 0.25) is 0 Å². The van der Waals surface area contributed by atoms with Crippen molar-refractivity contribution in [1.82, 2.24) is 19.8 Å². The number of piperidine rings is 2. The van der Waals surface area contributed by atoms with Crippen molar-refractivity contribution in [1.29, 1.82) is 0 Å². The van der Waals surface area contributed by atoms with Gasteiger partial charge in [-0.25, -0.2) is 12.7 Å². The summed E-state index contributed by atoms with van der Waals surface area (Å²) in [4.78, 5) is 25.6. The van der Waals surface area contributed by atoms with Gasteiger partial charge in [0, 0.05) is 25.7 Å². The Morgan fingerprint density at radius 3 is 2.54 bits per heavy atom. The lowest BCUT2D eigenvalue weighted by Crippen LogP contribution is -2.45. The van der Waals surface area contributed by atoms with Gasteiger partial charge < -0.3 is 25.0 Å². The minimum Gasteiger partial charge on any atom is -0.486 e. The first-order chi connectivity index (χ1) is 17.0. The van der Waals surface area contributed by atoms with Gasteiger partial charge in [-0.05, 0) is 69.8 Å². The summed E-state index contributed by atoms with van der Waals surface area (Å²) in [6, 6.07) is 5.44. The predicted octanol–water partition coefficient (Wildman–Crippen LogP) is 0.830. The van der Waals surface area contributed by atoms with Gasteiger partial charge in [0.1, 0.15) is 13.2 Å². The molecule has 2 saturated heterocycles. The molecule has 2 amide bonds. The van der Waals surface area contributed by atoms with Crippen LogP contribution in [-0.4, -0.2) is 94.2 Å². The Balaban J connectivity index is 1.14. The van der Waals surface area contributed by atoms with E-state index < -0.39 is 10.0 Å². The second-order valence-corrected chi connectivity index (χ2v) is 11.5. The molecule has 0 saturated carbocycles. The molecule has 0 aromatic heterocycles. The van der Waals surface area contributed by atoms with Gasteiger partial charge in [-0.2, -0.15) is 0 Å². The zero-order valence-electron chi connectivity index (χ0n) is 20.1. The van der Waals surface area contributed by atoms with E-state index in [0.29, 0.717) is 81.5 Å². The molecule has 11 heteroatoms. The Labute approximate surface area is 207 Å². The van der Waals surface area contributed by atoms with Crippen molar-refractivity contribution < 1.29 is 27.5 Å². The Morgan fingerprint density at radius 1 is 1.06 bits per heavy atom. The molecular weight excluding hydrogens is 472 g/mol. The molecule has 1 aromatic rings. The van der Waals surface area contributed by atoms with Crippen molar-refractivity contribution in [2.75, 3.05) is 58.2 Å². The number of fused-ring (bicyclic) bond motifs is 1. The Kier molecular flexibility index (Phi) is 8.85. The third kappa shape index (κ3) is 6.86. The summed E-state index contributed by atoms with van der Waals surface area (Å²) in [5.74, 6) is 1.53. The van der Waals surface area contributed by atoms with Crippen LogP contribution < -0.4 is 20.1 Å². The van der Waals surface area contributed by atoms with E-state index in [1.807, 2.05) is 6.07 Å². The lowest BCUT2D eigenvalue weighted by molar-refractivity contribution is -0.110. The van der Waals surface area contributed by atoms with Crippen LogP contribution in [0.25, 0.3) is 0 Å². The standard InChI is InChI=1S/C24H36N4O6S/c29-18-26-20-7-12-28(13-8-20)35(31,32)16-2-9-27-10-5-19(6-11-27)17-25-24(30)21-3-1-4-22-23(21)34-15-14-33-22/h1,3-4,18-20H,2,5-17H2,(H,25,30)(H,26,29). The van der Waals surface area contributed by atoms with Gasteiger partial charge in [0.2, 0.25) is 16.4 Å². The number of amides is 2. The van der Waals surface area contributed by atoms with E-state index in [-0.39, 0.29) is 17.7 Å². The van der Waals surface area contributed by atoms with Crippen LogP contribution in [0.1, 0.15) is 42.5 Å². The molecule has 10 nitrogen and oxygen atoms in total. The smallest absolute Gasteiger partial charge is 0.255 e. The second kappa shape index (κ2) is 12.0. The molecule has 35 heavy (non-hydrogen) atoms. The number of benzene rings is 1. The molecule has 0 atom stereocenters. The molecule has 0 radical (unpaired) electrons. The lowest BCUT2D eigenvalue weighted by atomic mass is 9.96. The summed E-state index contributed by atoms with van der Waals surface area (Å²) in [6.45, 7) is 5.04. The number of para-hydroxylation sites is 1. The van der Waals surface area contributed by atoms with Crippen LogP contribution in [0.15, 0.2) is 18.2 Å². The van der Waals surface area contributed by atoms with E-state index >= 15 is 0 Å². The molecule has 4 rings (SSSR count). The summed E-state index contributed by atoms with van der Waals surface area (Å²) >= 11 is 0. The predicted molar refractivity (Wildman–Crippen MR) is 131 cm³/mol. The number of nitrogens with zero attached hydrogens (tertiary/aromatic N) is 2. The van der Waals surface area contributed by atoms with Gasteiger partial charge in [-0.15, -0.1) is 0 Å². The Morgan fingerprint density at radius 2 is 1.80 bits per heavy atom. The largest absolute Gasteiger partial charge is 0.486 e. The molecule has 0 aliphatic carbocycles. The molecule has 0 unspecified atom stereocenters. The van der Waals surface area contributed by atoms with E-state index in [0.717, 1.165) is 32.5 Å². The summed E-state index contributed by atoms with van der Waals surface area (Å²) in [5, 5.41) is 5.78. The van der Waals surface area contributed by atoms with Crippen LogP contribution in [0.4, 0.5) is 0 Å². The molecule has 0 spiro atoms. The number of nitrogens with one attached hydrogen (secondary N) is 2. The van der Waals surface area contributed by atoms with E-state index in [2.05, 4.69) is 15.5 Å². The zero-order chi connectivity index (χ0) is 24.7. The van der Waals surface area contributed by atoms with Gasteiger partial charge >= 0.3 is 0 Å². The van der Waals surface area contributed by atoms with Crippen LogP contribution >= 0.6 is 0 Å². The van der Waals surface area contributed by atoms with Crippen LogP contribution in [0.3, 0.4) is 0 Å². The molecule has 2 N–H and O–H groups in total. The maximum atomic E-state index is 12.7. The normalized spacial score (nSPS) is 20.3. The molecular formula is C24H36N4O6S. The number of hydrogen-bond donors (Lipinski definition) is 2. The molecule has 2 fully saturated rings. The van der Waals surface area contributed by atoms with Gasteiger partial charge in [0.25, 0.3) is 5.91 Å². The van der Waals surface area contributed by atoms with Crippen molar-refractivity contribution in [3.05, 3.63) is 23.8 Å². The molecule has 194 valence electrons. The number of sulfonamides is 1. The minimum absolute atomic E-state index is 0.0745. The lowest BCUT2D eigenvalue weighted by Gasteiger charge is -2.33. The highest BCUT2D eigenvalue weighted by atomic mass is 32.2. The third-order valence-corrected chi connectivity index (χ3v) is 9.05. The number of carbonyl (C=O) groups excluding carboxylic acids is 2. The van der Waals surface area contributed by atoms with Crippen LogP contribution in [0.5, 0.6) is 11.5 Å². The number of carbonyl (C=O) groups is 2. The molecule has 3 aliphatic heterocycles.